The van der Waals surface area contributed by atoms with Crippen LogP contribution in [0, 0.1) is 0 Å². The number of nitrogens with one attached hydrogen (secondary N) is 1. The van der Waals surface area contributed by atoms with Crippen molar-refractivity contribution in [2.75, 3.05) is 14.2 Å². The summed E-state index contributed by atoms with van der Waals surface area (Å²) in [6.45, 7) is 0. The van der Waals surface area contributed by atoms with Crippen LogP contribution < -0.4 is 10.1 Å². The fourth-order valence-electron chi connectivity index (χ4n) is 1.32. The van der Waals surface area contributed by atoms with E-state index >= 15 is 0 Å². The number of aliphatic carboxylic acids is 1. The molecule has 1 aromatic rings. The number of rotatable bonds is 4. The number of carboxylic acids is 1. The molecule has 0 saturated heterocycles. The monoisotopic (exact) mass is 195 g/mol. The third kappa shape index (κ3) is 2.03. The van der Waals surface area contributed by atoms with Gasteiger partial charge in [-0.1, -0.05) is 18.2 Å². The van der Waals surface area contributed by atoms with Crippen LogP contribution in [-0.2, 0) is 4.79 Å². The third-order valence-electron chi connectivity index (χ3n) is 1.99. The van der Waals surface area contributed by atoms with Crippen molar-refractivity contribution >= 4 is 5.97 Å². The predicted molar refractivity (Wildman–Crippen MR) is 52.4 cm³/mol. The summed E-state index contributed by atoms with van der Waals surface area (Å²) in [5.41, 5.74) is 0.630. The highest BCUT2D eigenvalue weighted by atomic mass is 16.5. The van der Waals surface area contributed by atoms with E-state index in [4.69, 9.17) is 9.84 Å². The molecule has 0 saturated carbocycles. The summed E-state index contributed by atoms with van der Waals surface area (Å²) in [5, 5.41) is 11.6. The number of carboxylic acid groups (broad SMARTS) is 1. The van der Waals surface area contributed by atoms with Crippen LogP contribution in [0.4, 0.5) is 0 Å². The summed E-state index contributed by atoms with van der Waals surface area (Å²) in [6, 6.07) is 6.32. The maximum Gasteiger partial charge on any atom is 0.325 e. The van der Waals surface area contributed by atoms with Crippen molar-refractivity contribution in [1.29, 1.82) is 0 Å². The summed E-state index contributed by atoms with van der Waals surface area (Å²) >= 11 is 0. The summed E-state index contributed by atoms with van der Waals surface area (Å²) in [5.74, 6) is -0.341. The van der Waals surface area contributed by atoms with Crippen LogP contribution in [0.5, 0.6) is 5.75 Å². The van der Waals surface area contributed by atoms with Crippen molar-refractivity contribution in [1.82, 2.24) is 5.32 Å². The van der Waals surface area contributed by atoms with Gasteiger partial charge in [0.15, 0.2) is 0 Å². The Kier molecular flexibility index (Phi) is 3.48. The van der Waals surface area contributed by atoms with Gasteiger partial charge in [-0.25, -0.2) is 0 Å². The maximum atomic E-state index is 10.9. The minimum atomic E-state index is -0.919. The lowest BCUT2D eigenvalue weighted by atomic mass is 10.1. The van der Waals surface area contributed by atoms with E-state index in [1.54, 1.807) is 31.3 Å². The first-order valence-electron chi connectivity index (χ1n) is 4.23. The van der Waals surface area contributed by atoms with Gasteiger partial charge < -0.3 is 15.2 Å². The predicted octanol–water partition coefficient (Wildman–Crippen LogP) is 1.04. The van der Waals surface area contributed by atoms with E-state index in [0.717, 1.165) is 0 Å². The van der Waals surface area contributed by atoms with E-state index in [-0.39, 0.29) is 0 Å². The molecule has 1 atom stereocenters. The van der Waals surface area contributed by atoms with Crippen LogP contribution in [0.25, 0.3) is 0 Å². The number of likely N-dealkylation sites (N-methyl/N-ethyl adjacent to an activating group) is 1. The lowest BCUT2D eigenvalue weighted by Gasteiger charge is -2.14. The van der Waals surface area contributed by atoms with Crippen molar-refractivity contribution in [3.05, 3.63) is 29.8 Å². The standard InChI is InChI=1S/C10H13NO3/c1-11-9(10(12)13)7-5-3-4-6-8(7)14-2/h3-6,9,11H,1-2H3,(H,12,13)/t9-/m0/s1. The van der Waals surface area contributed by atoms with Crippen LogP contribution in [0.2, 0.25) is 0 Å². The zero-order valence-corrected chi connectivity index (χ0v) is 8.15. The van der Waals surface area contributed by atoms with Gasteiger partial charge in [0.2, 0.25) is 0 Å². The van der Waals surface area contributed by atoms with Crippen molar-refractivity contribution < 1.29 is 14.6 Å². The molecule has 2 N–H and O–H groups in total. The fraction of sp³-hybridized carbons (Fsp3) is 0.300. The number of methoxy groups -OCH3 is 1. The van der Waals surface area contributed by atoms with Crippen LogP contribution in [0.3, 0.4) is 0 Å². The van der Waals surface area contributed by atoms with Crippen LogP contribution in [0.15, 0.2) is 24.3 Å². The SMILES string of the molecule is CN[C@H](C(=O)O)c1ccccc1OC. The van der Waals surface area contributed by atoms with E-state index in [1.165, 1.54) is 7.11 Å². The highest BCUT2D eigenvalue weighted by Crippen LogP contribution is 2.24. The zero-order valence-electron chi connectivity index (χ0n) is 8.15. The van der Waals surface area contributed by atoms with E-state index < -0.39 is 12.0 Å². The third-order valence-corrected chi connectivity index (χ3v) is 1.99. The molecule has 4 nitrogen and oxygen atoms in total. The van der Waals surface area contributed by atoms with Crippen molar-refractivity contribution in [3.8, 4) is 5.75 Å². The average molecular weight is 195 g/mol. The van der Waals surface area contributed by atoms with Gasteiger partial charge in [-0.2, -0.15) is 0 Å². The fourth-order valence-corrected chi connectivity index (χ4v) is 1.32. The summed E-state index contributed by atoms with van der Waals surface area (Å²) < 4.78 is 5.07. The van der Waals surface area contributed by atoms with Gasteiger partial charge in [-0.05, 0) is 13.1 Å². The second-order valence-electron chi connectivity index (χ2n) is 2.80. The summed E-state index contributed by atoms with van der Waals surface area (Å²) in [6.07, 6.45) is 0. The highest BCUT2D eigenvalue weighted by molar-refractivity contribution is 5.76. The molecule has 76 valence electrons. The van der Waals surface area contributed by atoms with Gasteiger partial charge in [-0.3, -0.25) is 4.79 Å². The quantitative estimate of drug-likeness (QED) is 0.753. The van der Waals surface area contributed by atoms with Gasteiger partial charge in [0.1, 0.15) is 11.8 Å². The molecule has 0 aromatic heterocycles. The minimum Gasteiger partial charge on any atom is -0.496 e. The molecule has 0 bridgehead atoms. The average Bonchev–Trinajstić information content (AvgIpc) is 2.19. The number of ether oxygens (including phenoxy) is 1. The van der Waals surface area contributed by atoms with Crippen molar-refractivity contribution in [3.63, 3.8) is 0 Å². The number of carbonyl (C=O) groups is 1. The van der Waals surface area contributed by atoms with Gasteiger partial charge in [0.05, 0.1) is 7.11 Å². The normalized spacial score (nSPS) is 12.1. The number of hydrogen-bond donors (Lipinski definition) is 2. The number of para-hydroxylation sites is 1. The molecule has 0 aliphatic heterocycles. The Morgan fingerprint density at radius 3 is 2.64 bits per heavy atom. The van der Waals surface area contributed by atoms with Crippen molar-refractivity contribution in [2.24, 2.45) is 0 Å². The number of benzene rings is 1. The molecule has 0 aliphatic rings. The molecular formula is C10H13NO3. The molecule has 1 rings (SSSR count). The zero-order chi connectivity index (χ0) is 10.6. The molecule has 0 radical (unpaired) electrons. The lowest BCUT2D eigenvalue weighted by Crippen LogP contribution is -2.25. The maximum absolute atomic E-state index is 10.9. The molecule has 1 aromatic carbocycles. The summed E-state index contributed by atoms with van der Waals surface area (Å²) in [4.78, 5) is 10.9. The molecule has 0 spiro atoms. The molecule has 0 amide bonds. The van der Waals surface area contributed by atoms with E-state index in [0.29, 0.717) is 11.3 Å². The van der Waals surface area contributed by atoms with E-state index in [1.807, 2.05) is 0 Å². The Morgan fingerprint density at radius 1 is 1.50 bits per heavy atom. The molecule has 4 heteroatoms. The Morgan fingerprint density at radius 2 is 2.14 bits per heavy atom. The first-order valence-corrected chi connectivity index (χ1v) is 4.23. The Hall–Kier alpha value is -1.55. The smallest absolute Gasteiger partial charge is 0.325 e. The van der Waals surface area contributed by atoms with Gasteiger partial charge in [0, 0.05) is 5.56 Å². The number of hydrogen-bond acceptors (Lipinski definition) is 3. The van der Waals surface area contributed by atoms with Gasteiger partial charge in [0.25, 0.3) is 0 Å². The Labute approximate surface area is 82.5 Å². The van der Waals surface area contributed by atoms with Crippen LogP contribution in [0.1, 0.15) is 11.6 Å². The first kappa shape index (κ1) is 10.5. The molecule has 0 aliphatic carbocycles. The van der Waals surface area contributed by atoms with Gasteiger partial charge >= 0.3 is 5.97 Å². The summed E-state index contributed by atoms with van der Waals surface area (Å²) in [7, 11) is 3.12. The Bertz CT molecular complexity index is 325. The molecule has 0 fully saturated rings. The van der Waals surface area contributed by atoms with Crippen LogP contribution in [-0.4, -0.2) is 25.2 Å². The molecular weight excluding hydrogens is 182 g/mol. The minimum absolute atomic E-state index is 0.578. The topological polar surface area (TPSA) is 58.6 Å². The Balaban J connectivity index is 3.08. The lowest BCUT2D eigenvalue weighted by molar-refractivity contribution is -0.139. The second-order valence-corrected chi connectivity index (χ2v) is 2.80. The highest BCUT2D eigenvalue weighted by Gasteiger charge is 2.20. The van der Waals surface area contributed by atoms with E-state index in [2.05, 4.69) is 5.32 Å². The van der Waals surface area contributed by atoms with E-state index in [9.17, 15) is 4.79 Å². The molecule has 0 unspecified atom stereocenters. The van der Waals surface area contributed by atoms with Gasteiger partial charge in [-0.15, -0.1) is 0 Å². The molecule has 0 heterocycles. The second kappa shape index (κ2) is 4.62. The first-order chi connectivity index (χ1) is 6.70. The van der Waals surface area contributed by atoms with Crippen molar-refractivity contribution in [2.45, 2.75) is 6.04 Å². The van der Waals surface area contributed by atoms with Crippen LogP contribution >= 0.6 is 0 Å². The largest absolute Gasteiger partial charge is 0.496 e. The molecule has 14 heavy (non-hydrogen) atoms.